The lowest BCUT2D eigenvalue weighted by Crippen LogP contribution is -2.22. The van der Waals surface area contributed by atoms with Crippen LogP contribution >= 0.6 is 0 Å². The van der Waals surface area contributed by atoms with E-state index in [0.29, 0.717) is 0 Å². The third-order valence-electron chi connectivity index (χ3n) is 2.15. The molecule has 1 atom stereocenters. The minimum Gasteiger partial charge on any atom is -0.322 e. The smallest absolute Gasteiger partial charge is 0.322 e. The van der Waals surface area contributed by atoms with Gasteiger partial charge in [0.1, 0.15) is 6.04 Å². The van der Waals surface area contributed by atoms with Gasteiger partial charge in [0.25, 0.3) is 5.91 Å². The van der Waals surface area contributed by atoms with Crippen molar-refractivity contribution >= 4 is 11.9 Å². The van der Waals surface area contributed by atoms with E-state index in [-0.39, 0.29) is 5.91 Å². The first-order chi connectivity index (χ1) is 6.66. The molecule has 1 fully saturated rings. The van der Waals surface area contributed by atoms with E-state index < -0.39 is 12.1 Å². The summed E-state index contributed by atoms with van der Waals surface area (Å²) in [7, 11) is 0. The van der Waals surface area contributed by atoms with Gasteiger partial charge in [0.05, 0.1) is 0 Å². The summed E-state index contributed by atoms with van der Waals surface area (Å²) in [5.74, 6) is -0.291. The van der Waals surface area contributed by atoms with Gasteiger partial charge in [0.15, 0.2) is 0 Å². The maximum absolute atomic E-state index is 11.3. The fourth-order valence-corrected chi connectivity index (χ4v) is 1.50. The van der Waals surface area contributed by atoms with Gasteiger partial charge in [-0.15, -0.1) is 0 Å². The Kier molecular flexibility index (Phi) is 1.96. The summed E-state index contributed by atoms with van der Waals surface area (Å²) in [4.78, 5) is 22.2. The number of carbonyl (C=O) groups is 2. The first-order valence-corrected chi connectivity index (χ1v) is 4.35. The normalized spacial score (nSPS) is 20.5. The van der Waals surface area contributed by atoms with E-state index in [1.807, 2.05) is 31.2 Å². The number of carbonyl (C=O) groups excluding carboxylic acids is 2. The number of hydrogen-bond donors (Lipinski definition) is 2. The predicted molar refractivity (Wildman–Crippen MR) is 50.6 cm³/mol. The average Bonchev–Trinajstić information content (AvgIpc) is 2.45. The molecule has 4 heteroatoms. The lowest BCUT2D eigenvalue weighted by atomic mass is 10.1. The van der Waals surface area contributed by atoms with E-state index in [2.05, 4.69) is 10.6 Å². The Hall–Kier alpha value is -1.84. The molecule has 1 aliphatic heterocycles. The molecule has 0 saturated carbocycles. The molecule has 1 aromatic carbocycles. The summed E-state index contributed by atoms with van der Waals surface area (Å²) in [5, 5.41) is 4.74. The van der Waals surface area contributed by atoms with E-state index in [4.69, 9.17) is 0 Å². The molecule has 0 aromatic heterocycles. The molecule has 3 amide bonds. The first-order valence-electron chi connectivity index (χ1n) is 4.35. The molecule has 0 radical (unpaired) electrons. The van der Waals surface area contributed by atoms with E-state index in [9.17, 15) is 9.59 Å². The third kappa shape index (κ3) is 1.46. The van der Waals surface area contributed by atoms with Gasteiger partial charge in [0.2, 0.25) is 0 Å². The summed E-state index contributed by atoms with van der Waals surface area (Å²) < 4.78 is 0. The number of benzene rings is 1. The molecule has 14 heavy (non-hydrogen) atoms. The molecule has 0 bridgehead atoms. The van der Waals surface area contributed by atoms with Crippen LogP contribution in [0.5, 0.6) is 0 Å². The highest BCUT2D eigenvalue weighted by Crippen LogP contribution is 2.17. The van der Waals surface area contributed by atoms with Crippen LogP contribution in [0.15, 0.2) is 24.3 Å². The standard InChI is InChI=1S/C10H10N2O2/c1-6-3-2-4-7(5-6)8-9(13)12-10(14)11-8/h2-5,8H,1H3,(H2,11,12,13,14)/t8-/m1/s1. The van der Waals surface area contributed by atoms with Crippen molar-refractivity contribution in [2.75, 3.05) is 0 Å². The molecule has 0 aliphatic carbocycles. The topological polar surface area (TPSA) is 58.2 Å². The van der Waals surface area contributed by atoms with Gasteiger partial charge in [-0.1, -0.05) is 29.8 Å². The minimum absolute atomic E-state index is 0.291. The number of rotatable bonds is 1. The summed E-state index contributed by atoms with van der Waals surface area (Å²) in [6.07, 6.45) is 0. The molecular weight excluding hydrogens is 180 g/mol. The van der Waals surface area contributed by atoms with Crippen molar-refractivity contribution in [2.24, 2.45) is 0 Å². The number of amides is 3. The van der Waals surface area contributed by atoms with Crippen LogP contribution < -0.4 is 10.6 Å². The quantitative estimate of drug-likeness (QED) is 0.646. The van der Waals surface area contributed by atoms with Gasteiger partial charge in [-0.05, 0) is 12.5 Å². The van der Waals surface area contributed by atoms with Crippen LogP contribution in [0.3, 0.4) is 0 Å². The van der Waals surface area contributed by atoms with Crippen molar-refractivity contribution in [3.05, 3.63) is 35.4 Å². The van der Waals surface area contributed by atoms with Crippen LogP contribution in [0.2, 0.25) is 0 Å². The summed E-state index contributed by atoms with van der Waals surface area (Å²) in [6.45, 7) is 1.94. The van der Waals surface area contributed by atoms with Crippen LogP contribution in [-0.2, 0) is 4.79 Å². The molecule has 1 aromatic rings. The molecule has 4 nitrogen and oxygen atoms in total. The van der Waals surface area contributed by atoms with Crippen LogP contribution in [0.25, 0.3) is 0 Å². The van der Waals surface area contributed by atoms with Crippen LogP contribution in [0.4, 0.5) is 4.79 Å². The average molecular weight is 190 g/mol. The Morgan fingerprint density at radius 2 is 2.07 bits per heavy atom. The van der Waals surface area contributed by atoms with Crippen LogP contribution in [-0.4, -0.2) is 11.9 Å². The third-order valence-corrected chi connectivity index (χ3v) is 2.15. The Morgan fingerprint density at radius 1 is 1.29 bits per heavy atom. The lowest BCUT2D eigenvalue weighted by Gasteiger charge is -2.07. The SMILES string of the molecule is Cc1cccc([C@H]2NC(=O)NC2=O)c1. The van der Waals surface area contributed by atoms with Crippen molar-refractivity contribution in [3.63, 3.8) is 0 Å². The van der Waals surface area contributed by atoms with Gasteiger partial charge in [0, 0.05) is 0 Å². The molecule has 2 rings (SSSR count). The highest BCUT2D eigenvalue weighted by Gasteiger charge is 2.30. The Labute approximate surface area is 81.3 Å². The number of aryl methyl sites for hydroxylation is 1. The second-order valence-corrected chi connectivity index (χ2v) is 3.31. The summed E-state index contributed by atoms with van der Waals surface area (Å²) >= 11 is 0. The van der Waals surface area contributed by atoms with E-state index in [1.165, 1.54) is 0 Å². The van der Waals surface area contributed by atoms with Gasteiger partial charge >= 0.3 is 6.03 Å². The maximum Gasteiger partial charge on any atom is 0.322 e. The molecule has 0 unspecified atom stereocenters. The number of imide groups is 1. The van der Waals surface area contributed by atoms with Crippen LogP contribution in [0.1, 0.15) is 17.2 Å². The Morgan fingerprint density at radius 3 is 2.64 bits per heavy atom. The highest BCUT2D eigenvalue weighted by atomic mass is 16.2. The number of hydrogen-bond acceptors (Lipinski definition) is 2. The predicted octanol–water partition coefficient (Wildman–Crippen LogP) is 0.876. The minimum atomic E-state index is -0.539. The van der Waals surface area contributed by atoms with E-state index in [0.717, 1.165) is 11.1 Å². The lowest BCUT2D eigenvalue weighted by molar-refractivity contribution is -0.120. The molecule has 0 spiro atoms. The van der Waals surface area contributed by atoms with Crippen molar-refractivity contribution in [2.45, 2.75) is 13.0 Å². The summed E-state index contributed by atoms with van der Waals surface area (Å²) in [5.41, 5.74) is 1.88. The first kappa shape index (κ1) is 8.74. The number of urea groups is 1. The molecule has 72 valence electrons. The highest BCUT2D eigenvalue weighted by molar-refractivity contribution is 6.04. The van der Waals surface area contributed by atoms with E-state index >= 15 is 0 Å². The van der Waals surface area contributed by atoms with Crippen LogP contribution in [0, 0.1) is 6.92 Å². The van der Waals surface area contributed by atoms with Gasteiger partial charge < -0.3 is 5.32 Å². The summed E-state index contributed by atoms with van der Waals surface area (Å²) in [6, 6.07) is 6.54. The molecule has 2 N–H and O–H groups in total. The number of nitrogens with one attached hydrogen (secondary N) is 2. The van der Waals surface area contributed by atoms with Crippen molar-refractivity contribution < 1.29 is 9.59 Å². The maximum atomic E-state index is 11.3. The van der Waals surface area contributed by atoms with E-state index in [1.54, 1.807) is 0 Å². The van der Waals surface area contributed by atoms with Crippen molar-refractivity contribution in [3.8, 4) is 0 Å². The fraction of sp³-hybridized carbons (Fsp3) is 0.200. The molecule has 1 aliphatic rings. The monoisotopic (exact) mass is 190 g/mol. The molecular formula is C10H10N2O2. The second kappa shape index (κ2) is 3.14. The zero-order valence-electron chi connectivity index (χ0n) is 7.70. The van der Waals surface area contributed by atoms with Crippen molar-refractivity contribution in [1.29, 1.82) is 0 Å². The zero-order chi connectivity index (χ0) is 10.1. The molecule has 1 saturated heterocycles. The Bertz CT molecular complexity index is 401. The van der Waals surface area contributed by atoms with Gasteiger partial charge in [-0.25, -0.2) is 4.79 Å². The fourth-order valence-electron chi connectivity index (χ4n) is 1.50. The second-order valence-electron chi connectivity index (χ2n) is 3.31. The molecule has 1 heterocycles. The van der Waals surface area contributed by atoms with Gasteiger partial charge in [-0.3, -0.25) is 10.1 Å². The zero-order valence-corrected chi connectivity index (χ0v) is 7.70. The van der Waals surface area contributed by atoms with Crippen molar-refractivity contribution in [1.82, 2.24) is 10.6 Å². The Balaban J connectivity index is 2.31. The van der Waals surface area contributed by atoms with Gasteiger partial charge in [-0.2, -0.15) is 0 Å². The largest absolute Gasteiger partial charge is 0.322 e.